The van der Waals surface area contributed by atoms with Gasteiger partial charge in [-0.15, -0.1) is 24.0 Å². The van der Waals surface area contributed by atoms with E-state index in [2.05, 4.69) is 27.8 Å². The van der Waals surface area contributed by atoms with Gasteiger partial charge in [0.15, 0.2) is 5.96 Å². The molecule has 0 unspecified atom stereocenters. The Morgan fingerprint density at radius 1 is 1.13 bits per heavy atom. The predicted octanol–water partition coefficient (Wildman–Crippen LogP) is 2.84. The number of benzene rings is 1. The molecule has 0 heterocycles. The first kappa shape index (κ1) is 22.0. The number of rotatable bonds is 9. The van der Waals surface area contributed by atoms with Crippen LogP contribution in [-0.2, 0) is 11.2 Å². The molecule has 0 aliphatic heterocycles. The van der Waals surface area contributed by atoms with Crippen LogP contribution in [0.15, 0.2) is 29.3 Å². The molecule has 132 valence electrons. The van der Waals surface area contributed by atoms with Crippen LogP contribution in [0.3, 0.4) is 0 Å². The summed E-state index contributed by atoms with van der Waals surface area (Å²) in [6.07, 6.45) is 2.12. The zero-order valence-electron chi connectivity index (χ0n) is 14.6. The van der Waals surface area contributed by atoms with Gasteiger partial charge in [0, 0.05) is 33.9 Å². The van der Waals surface area contributed by atoms with Crippen LogP contribution in [0.4, 0.5) is 0 Å². The largest absolute Gasteiger partial charge is 0.491 e. The van der Waals surface area contributed by atoms with Gasteiger partial charge in [-0.2, -0.15) is 0 Å². The molecular formula is C17H30IN3O2. The van der Waals surface area contributed by atoms with E-state index in [0.717, 1.165) is 44.2 Å². The third kappa shape index (κ3) is 10.4. The molecule has 0 saturated carbocycles. The van der Waals surface area contributed by atoms with E-state index < -0.39 is 0 Å². The van der Waals surface area contributed by atoms with Crippen LogP contribution in [0.2, 0.25) is 0 Å². The number of nitrogens with one attached hydrogen (secondary N) is 2. The summed E-state index contributed by atoms with van der Waals surface area (Å²) < 4.78 is 10.7. The van der Waals surface area contributed by atoms with Gasteiger partial charge >= 0.3 is 0 Å². The minimum absolute atomic E-state index is 0. The quantitative estimate of drug-likeness (QED) is 0.271. The molecule has 0 amide bonds. The van der Waals surface area contributed by atoms with Crippen LogP contribution in [0, 0.1) is 0 Å². The monoisotopic (exact) mass is 435 g/mol. The first-order valence-electron chi connectivity index (χ1n) is 7.84. The predicted molar refractivity (Wildman–Crippen MR) is 107 cm³/mol. The van der Waals surface area contributed by atoms with Gasteiger partial charge in [0.1, 0.15) is 5.75 Å². The van der Waals surface area contributed by atoms with Crippen molar-refractivity contribution in [2.24, 2.45) is 4.99 Å². The van der Waals surface area contributed by atoms with Crippen molar-refractivity contribution in [1.82, 2.24) is 10.6 Å². The third-order valence-corrected chi connectivity index (χ3v) is 3.04. The van der Waals surface area contributed by atoms with E-state index in [4.69, 9.17) is 9.47 Å². The molecule has 5 nitrogen and oxygen atoms in total. The highest BCUT2D eigenvalue weighted by Crippen LogP contribution is 2.13. The van der Waals surface area contributed by atoms with E-state index >= 15 is 0 Å². The molecule has 1 rings (SSSR count). The van der Waals surface area contributed by atoms with Gasteiger partial charge < -0.3 is 20.1 Å². The van der Waals surface area contributed by atoms with Crippen molar-refractivity contribution in [3.05, 3.63) is 29.8 Å². The molecule has 0 fully saturated rings. The summed E-state index contributed by atoms with van der Waals surface area (Å²) in [5, 5.41) is 6.57. The summed E-state index contributed by atoms with van der Waals surface area (Å²) in [7, 11) is 3.49. The fourth-order valence-corrected chi connectivity index (χ4v) is 1.98. The number of aliphatic imine (C=N–C) groups is 1. The Hall–Kier alpha value is -1.02. The smallest absolute Gasteiger partial charge is 0.190 e. The van der Waals surface area contributed by atoms with Crippen LogP contribution in [0.5, 0.6) is 5.75 Å². The molecule has 23 heavy (non-hydrogen) atoms. The molecule has 0 saturated heterocycles. The van der Waals surface area contributed by atoms with Crippen molar-refractivity contribution in [2.45, 2.75) is 32.8 Å². The number of methoxy groups -OCH3 is 1. The Kier molecular flexibility index (Phi) is 12.8. The molecule has 0 aliphatic rings. The lowest BCUT2D eigenvalue weighted by atomic mass is 10.1. The summed E-state index contributed by atoms with van der Waals surface area (Å²) in [6, 6.07) is 8.25. The Morgan fingerprint density at radius 2 is 1.78 bits per heavy atom. The molecule has 0 spiro atoms. The molecular weight excluding hydrogens is 405 g/mol. The number of hydrogen-bond acceptors (Lipinski definition) is 3. The molecule has 2 N–H and O–H groups in total. The molecule has 6 heteroatoms. The lowest BCUT2D eigenvalue weighted by Crippen LogP contribution is -2.38. The number of nitrogens with zero attached hydrogens (tertiary/aromatic N) is 1. The Morgan fingerprint density at radius 3 is 2.35 bits per heavy atom. The zero-order chi connectivity index (χ0) is 16.2. The Balaban J connectivity index is 0.00000484. The van der Waals surface area contributed by atoms with Crippen LogP contribution in [0.25, 0.3) is 0 Å². The van der Waals surface area contributed by atoms with Crippen LogP contribution in [0.1, 0.15) is 25.8 Å². The molecule has 0 aliphatic carbocycles. The van der Waals surface area contributed by atoms with Crippen LogP contribution in [-0.4, -0.2) is 45.9 Å². The van der Waals surface area contributed by atoms with Crippen molar-refractivity contribution in [2.75, 3.05) is 33.9 Å². The summed E-state index contributed by atoms with van der Waals surface area (Å²) in [5.41, 5.74) is 1.28. The molecule has 0 radical (unpaired) electrons. The Labute approximate surface area is 157 Å². The second kappa shape index (κ2) is 13.4. The Bertz CT molecular complexity index is 436. The normalized spacial score (nSPS) is 11.1. The lowest BCUT2D eigenvalue weighted by molar-refractivity contribution is 0.195. The maximum Gasteiger partial charge on any atom is 0.190 e. The van der Waals surface area contributed by atoms with Crippen molar-refractivity contribution >= 4 is 29.9 Å². The minimum Gasteiger partial charge on any atom is -0.491 e. The number of guanidine groups is 1. The van der Waals surface area contributed by atoms with Gasteiger partial charge in [0.05, 0.1) is 6.10 Å². The fraction of sp³-hybridized carbons (Fsp3) is 0.588. The van der Waals surface area contributed by atoms with Crippen LogP contribution >= 0.6 is 24.0 Å². The van der Waals surface area contributed by atoms with Gasteiger partial charge in [-0.25, -0.2) is 0 Å². The van der Waals surface area contributed by atoms with Crippen molar-refractivity contribution < 1.29 is 9.47 Å². The first-order chi connectivity index (χ1) is 10.7. The van der Waals surface area contributed by atoms with Gasteiger partial charge in [-0.1, -0.05) is 12.1 Å². The number of hydrogen-bond donors (Lipinski definition) is 2. The molecule has 0 atom stereocenters. The second-order valence-corrected chi connectivity index (χ2v) is 5.33. The molecule has 1 aromatic rings. The standard InChI is InChI=1S/C17H29N3O2.HI/c1-14(2)22-16-8-6-15(7-9-16)10-12-20-17(18-3)19-11-5-13-21-4;/h6-9,14H,5,10-13H2,1-4H3,(H2,18,19,20);1H. The summed E-state index contributed by atoms with van der Waals surface area (Å²) in [5.74, 6) is 1.75. The van der Waals surface area contributed by atoms with Crippen molar-refractivity contribution in [3.8, 4) is 5.75 Å². The topological polar surface area (TPSA) is 54.9 Å². The van der Waals surface area contributed by atoms with Crippen LogP contribution < -0.4 is 15.4 Å². The maximum absolute atomic E-state index is 5.64. The van der Waals surface area contributed by atoms with Crippen molar-refractivity contribution in [3.63, 3.8) is 0 Å². The summed E-state index contributed by atoms with van der Waals surface area (Å²) in [4.78, 5) is 4.20. The number of ether oxygens (including phenoxy) is 2. The van der Waals surface area contributed by atoms with E-state index in [1.807, 2.05) is 26.0 Å². The highest BCUT2D eigenvalue weighted by molar-refractivity contribution is 14.0. The van der Waals surface area contributed by atoms with E-state index in [0.29, 0.717) is 0 Å². The summed E-state index contributed by atoms with van der Waals surface area (Å²) >= 11 is 0. The molecule has 0 aromatic heterocycles. The zero-order valence-corrected chi connectivity index (χ0v) is 16.9. The lowest BCUT2D eigenvalue weighted by Gasteiger charge is -2.12. The van der Waals surface area contributed by atoms with Gasteiger partial charge in [-0.3, -0.25) is 4.99 Å². The average molecular weight is 435 g/mol. The fourth-order valence-electron chi connectivity index (χ4n) is 1.98. The molecule has 1 aromatic carbocycles. The highest BCUT2D eigenvalue weighted by atomic mass is 127. The van der Waals surface area contributed by atoms with Crippen molar-refractivity contribution in [1.29, 1.82) is 0 Å². The van der Waals surface area contributed by atoms with E-state index in [-0.39, 0.29) is 30.1 Å². The van der Waals surface area contributed by atoms with Gasteiger partial charge in [0.2, 0.25) is 0 Å². The van der Waals surface area contributed by atoms with E-state index in [1.165, 1.54) is 5.56 Å². The molecule has 0 bridgehead atoms. The first-order valence-corrected chi connectivity index (χ1v) is 7.84. The summed E-state index contributed by atoms with van der Waals surface area (Å²) in [6.45, 7) is 6.52. The van der Waals surface area contributed by atoms with Gasteiger partial charge in [0.25, 0.3) is 0 Å². The third-order valence-electron chi connectivity index (χ3n) is 3.04. The number of halogens is 1. The van der Waals surface area contributed by atoms with E-state index in [1.54, 1.807) is 14.2 Å². The highest BCUT2D eigenvalue weighted by Gasteiger charge is 2.00. The second-order valence-electron chi connectivity index (χ2n) is 5.33. The van der Waals surface area contributed by atoms with E-state index in [9.17, 15) is 0 Å². The maximum atomic E-state index is 5.64. The minimum atomic E-state index is 0. The van der Waals surface area contributed by atoms with Gasteiger partial charge in [-0.05, 0) is 44.4 Å². The average Bonchev–Trinajstić information content (AvgIpc) is 2.51. The SMILES string of the molecule is CN=C(NCCCOC)NCCc1ccc(OC(C)C)cc1.I.